The van der Waals surface area contributed by atoms with Crippen molar-refractivity contribution in [2.24, 2.45) is 5.73 Å². The largest absolute Gasteiger partial charge is 0.480 e. The van der Waals surface area contributed by atoms with Crippen LogP contribution in [-0.2, 0) is 16.6 Å². The third-order valence-corrected chi connectivity index (χ3v) is 2.38. The molecule has 0 saturated heterocycles. The molecule has 0 amide bonds. The molecule has 0 heterocycles. The molecule has 0 aromatic rings. The molecule has 0 fully saturated rings. The smallest absolute Gasteiger partial charge is 0.320 e. The lowest BCUT2D eigenvalue weighted by molar-refractivity contribution is -0.138. The normalized spacial score (nSPS) is 13.2. The number of aliphatic carboxylic acids is 1. The molecule has 0 radical (unpaired) electrons. The van der Waals surface area contributed by atoms with E-state index in [-0.39, 0.29) is 0 Å². The fourth-order valence-electron chi connectivity index (χ4n) is 0.664. The number of carboxylic acid groups (broad SMARTS) is 1. The molecular formula is C6H12NO2PS. The van der Waals surface area contributed by atoms with Gasteiger partial charge in [-0.3, -0.25) is 4.79 Å². The van der Waals surface area contributed by atoms with Crippen molar-refractivity contribution in [2.75, 3.05) is 6.16 Å². The second-order valence-electron chi connectivity index (χ2n) is 2.29. The molecule has 0 aromatic heterocycles. The van der Waals surface area contributed by atoms with Crippen LogP contribution in [0.3, 0.4) is 0 Å². The number of unbranched alkanes of at least 4 members (excludes halogenated alkanes) is 1. The van der Waals surface area contributed by atoms with Crippen LogP contribution in [0.5, 0.6) is 0 Å². The Labute approximate surface area is 72.8 Å². The van der Waals surface area contributed by atoms with E-state index < -0.39 is 12.0 Å². The third-order valence-electron chi connectivity index (χ3n) is 1.33. The van der Waals surface area contributed by atoms with Crippen LogP contribution in [0.15, 0.2) is 0 Å². The first-order valence-corrected chi connectivity index (χ1v) is 5.55. The highest BCUT2D eigenvalue weighted by Crippen LogP contribution is 2.03. The van der Waals surface area contributed by atoms with E-state index in [1.807, 2.05) is 0 Å². The van der Waals surface area contributed by atoms with Crippen molar-refractivity contribution in [1.82, 2.24) is 0 Å². The summed E-state index contributed by atoms with van der Waals surface area (Å²) in [5.41, 5.74) is 5.27. The van der Waals surface area contributed by atoms with Gasteiger partial charge in [-0.05, 0) is 26.4 Å². The number of rotatable bonds is 6. The van der Waals surface area contributed by atoms with E-state index in [1.54, 1.807) is 0 Å². The first-order valence-electron chi connectivity index (χ1n) is 3.46. The molecule has 0 saturated carbocycles. The van der Waals surface area contributed by atoms with Gasteiger partial charge in [0.15, 0.2) is 0 Å². The van der Waals surface area contributed by atoms with Crippen LogP contribution in [0.1, 0.15) is 19.3 Å². The second kappa shape index (κ2) is 6.65. The van der Waals surface area contributed by atoms with Crippen molar-refractivity contribution in [2.45, 2.75) is 25.3 Å². The van der Waals surface area contributed by atoms with Gasteiger partial charge in [-0.1, -0.05) is 18.2 Å². The standard InChI is InChI=1S/C6H12NO2PS/c7-5(6(8)9)3-1-2-4-10-11/h5H,1-4,7H2,(H,8,9)/t5-/m1/s1. The maximum atomic E-state index is 10.2. The predicted octanol–water partition coefficient (Wildman–Crippen LogP) is 0.977. The topological polar surface area (TPSA) is 63.3 Å². The molecule has 3 N–H and O–H groups in total. The summed E-state index contributed by atoms with van der Waals surface area (Å²) in [5.74, 6) is -0.916. The lowest BCUT2D eigenvalue weighted by atomic mass is 10.1. The van der Waals surface area contributed by atoms with Crippen LogP contribution in [0.2, 0.25) is 0 Å². The van der Waals surface area contributed by atoms with Crippen molar-refractivity contribution >= 4 is 25.1 Å². The highest BCUT2D eigenvalue weighted by atomic mass is 32.4. The molecule has 5 heteroatoms. The molecule has 11 heavy (non-hydrogen) atoms. The summed E-state index contributed by atoms with van der Waals surface area (Å²) in [5, 5.41) is 8.39. The molecule has 3 nitrogen and oxygen atoms in total. The Morgan fingerprint density at radius 3 is 2.73 bits per heavy atom. The van der Waals surface area contributed by atoms with Crippen LogP contribution in [-0.4, -0.2) is 23.3 Å². The number of carboxylic acids is 1. The Kier molecular flexibility index (Phi) is 6.62. The van der Waals surface area contributed by atoms with Crippen LogP contribution < -0.4 is 5.73 Å². The van der Waals surface area contributed by atoms with Gasteiger partial charge in [0.25, 0.3) is 0 Å². The maximum Gasteiger partial charge on any atom is 0.320 e. The second-order valence-corrected chi connectivity index (χ2v) is 3.77. The molecule has 0 aromatic carbocycles. The van der Waals surface area contributed by atoms with Gasteiger partial charge in [0.2, 0.25) is 0 Å². The van der Waals surface area contributed by atoms with Crippen molar-refractivity contribution in [3.8, 4) is 0 Å². The van der Waals surface area contributed by atoms with E-state index in [0.717, 1.165) is 26.4 Å². The summed E-state index contributed by atoms with van der Waals surface area (Å²) < 4.78 is 0. The average Bonchev–Trinajstić information content (AvgIpc) is 1.97. The zero-order valence-electron chi connectivity index (χ0n) is 6.19. The predicted molar refractivity (Wildman–Crippen MR) is 48.6 cm³/mol. The molecule has 64 valence electrons. The Hall–Kier alpha value is -0.0500. The molecule has 0 spiro atoms. The lowest BCUT2D eigenvalue weighted by Crippen LogP contribution is -2.29. The number of nitrogens with two attached hydrogens (primary N) is 1. The van der Waals surface area contributed by atoms with E-state index in [1.165, 1.54) is 0 Å². The lowest BCUT2D eigenvalue weighted by Gasteiger charge is -2.03. The zero-order valence-corrected chi connectivity index (χ0v) is 7.90. The Morgan fingerprint density at radius 2 is 2.27 bits per heavy atom. The molecule has 0 bridgehead atoms. The number of hydrogen-bond donors (Lipinski definition) is 2. The summed E-state index contributed by atoms with van der Waals surface area (Å²) in [6.07, 6.45) is 3.35. The third kappa shape index (κ3) is 6.35. The van der Waals surface area contributed by atoms with Crippen molar-refractivity contribution < 1.29 is 9.90 Å². The number of hydrogen-bond acceptors (Lipinski definition) is 3. The molecule has 0 rings (SSSR count). The fourth-order valence-corrected chi connectivity index (χ4v) is 1.40. The van der Waals surface area contributed by atoms with Crippen LogP contribution in [0.4, 0.5) is 0 Å². The monoisotopic (exact) mass is 193 g/mol. The summed E-state index contributed by atoms with van der Waals surface area (Å²) >= 11 is 4.71. The van der Waals surface area contributed by atoms with Crippen LogP contribution in [0, 0.1) is 0 Å². The Morgan fingerprint density at radius 1 is 1.64 bits per heavy atom. The first kappa shape index (κ1) is 11.0. The molecule has 0 aliphatic heterocycles. The van der Waals surface area contributed by atoms with Gasteiger partial charge in [-0.25, -0.2) is 0 Å². The van der Waals surface area contributed by atoms with Gasteiger partial charge in [-0.2, -0.15) is 0 Å². The highest BCUT2D eigenvalue weighted by Gasteiger charge is 2.09. The summed E-state index contributed by atoms with van der Waals surface area (Å²) in [4.78, 5) is 10.2. The van der Waals surface area contributed by atoms with Gasteiger partial charge in [0, 0.05) is 0 Å². The molecular weight excluding hydrogens is 181 g/mol. The van der Waals surface area contributed by atoms with E-state index in [2.05, 4.69) is 0 Å². The van der Waals surface area contributed by atoms with Gasteiger partial charge in [-0.15, -0.1) is 0 Å². The average molecular weight is 193 g/mol. The van der Waals surface area contributed by atoms with Crippen molar-refractivity contribution in [3.63, 3.8) is 0 Å². The highest BCUT2D eigenvalue weighted by molar-refractivity contribution is 7.96. The SMILES string of the molecule is N[C@H](CCCCP=S)C(=O)O. The summed E-state index contributed by atoms with van der Waals surface area (Å²) in [7, 11) is 0.954. The minimum Gasteiger partial charge on any atom is -0.480 e. The minimum atomic E-state index is -0.916. The van der Waals surface area contributed by atoms with Gasteiger partial charge in [0.1, 0.15) is 6.04 Å². The van der Waals surface area contributed by atoms with Gasteiger partial charge in [0.05, 0.1) is 0 Å². The Balaban J connectivity index is 3.24. The number of carbonyl (C=O) groups is 1. The molecule has 0 unspecified atom stereocenters. The van der Waals surface area contributed by atoms with E-state index in [4.69, 9.17) is 22.6 Å². The van der Waals surface area contributed by atoms with Gasteiger partial charge < -0.3 is 10.8 Å². The van der Waals surface area contributed by atoms with E-state index in [9.17, 15) is 4.79 Å². The minimum absolute atomic E-state index is 0.556. The van der Waals surface area contributed by atoms with Gasteiger partial charge >= 0.3 is 5.97 Å². The van der Waals surface area contributed by atoms with Crippen molar-refractivity contribution in [3.05, 3.63) is 0 Å². The van der Waals surface area contributed by atoms with Crippen LogP contribution >= 0.6 is 7.36 Å². The fraction of sp³-hybridized carbons (Fsp3) is 0.833. The zero-order chi connectivity index (χ0) is 8.69. The van der Waals surface area contributed by atoms with E-state index in [0.29, 0.717) is 6.42 Å². The maximum absolute atomic E-state index is 10.2. The first-order chi connectivity index (χ1) is 5.18. The molecule has 1 atom stereocenters. The van der Waals surface area contributed by atoms with Crippen molar-refractivity contribution in [1.29, 1.82) is 0 Å². The summed E-state index contributed by atoms with van der Waals surface area (Å²) in [6, 6.07) is -0.697. The summed E-state index contributed by atoms with van der Waals surface area (Å²) in [6.45, 7) is 0. The quantitative estimate of drug-likeness (QED) is 0.487. The Bertz CT molecular complexity index is 143. The van der Waals surface area contributed by atoms with Crippen LogP contribution in [0.25, 0.3) is 0 Å². The molecule has 0 aliphatic carbocycles. The van der Waals surface area contributed by atoms with E-state index >= 15 is 0 Å². The molecule has 0 aliphatic rings.